The Morgan fingerprint density at radius 2 is 1.61 bits per heavy atom. The minimum Gasteiger partial charge on any atom is -0.448 e. The van der Waals surface area contributed by atoms with Crippen molar-refractivity contribution in [1.82, 2.24) is 5.06 Å². The van der Waals surface area contributed by atoms with Crippen LogP contribution in [-0.4, -0.2) is 46.5 Å². The molecule has 2 aliphatic heterocycles. The topological polar surface area (TPSA) is 102 Å². The summed E-state index contributed by atoms with van der Waals surface area (Å²) < 4.78 is 12.0. The molecule has 1 saturated carbocycles. The zero-order chi connectivity index (χ0) is 20.9. The van der Waals surface area contributed by atoms with Crippen molar-refractivity contribution in [2.75, 3.05) is 0 Å². The van der Waals surface area contributed by atoms with Gasteiger partial charge in [0.15, 0.2) is 0 Å². The van der Waals surface area contributed by atoms with E-state index in [0.717, 1.165) is 12.2 Å². The Morgan fingerprint density at radius 1 is 1.07 bits per heavy atom. The van der Waals surface area contributed by atoms with Crippen molar-refractivity contribution in [3.05, 3.63) is 0 Å². The number of hydroxylamine groups is 2. The van der Waals surface area contributed by atoms with Gasteiger partial charge in [0.1, 0.15) is 0 Å². The lowest BCUT2D eigenvalue weighted by Crippen LogP contribution is -2.41. The predicted octanol–water partition coefficient (Wildman–Crippen LogP) is 3.79. The van der Waals surface area contributed by atoms with Crippen molar-refractivity contribution in [2.24, 2.45) is 5.92 Å². The van der Waals surface area contributed by atoms with Gasteiger partial charge in [-0.2, -0.15) is 0 Å². The van der Waals surface area contributed by atoms with Crippen molar-refractivity contribution in [3.63, 3.8) is 0 Å². The molecular formula is C19H32BNO7. The summed E-state index contributed by atoms with van der Waals surface area (Å²) in [4.78, 5) is 35.0. The minimum absolute atomic E-state index is 0.0147. The standard InChI is InChI=1S/C14H27BO2.C5H5NO5/c1-13(2)14(3,4)17-15(16-13)11-7-5-6-8-12-9-10-12;7-3-1-2-4(8)6(3)11-5(9)10/h12H,5-11H2,1-4H3;1-2H2,(H,9,10). The van der Waals surface area contributed by atoms with Gasteiger partial charge in [0.05, 0.1) is 11.2 Å². The molecule has 3 rings (SSSR count). The van der Waals surface area contributed by atoms with Crippen molar-refractivity contribution in [3.8, 4) is 0 Å². The highest BCUT2D eigenvalue weighted by atomic mass is 16.8. The van der Waals surface area contributed by atoms with Crippen LogP contribution in [0.5, 0.6) is 0 Å². The Labute approximate surface area is 167 Å². The molecule has 1 N–H and O–H groups in total. The lowest BCUT2D eigenvalue weighted by Gasteiger charge is -2.32. The van der Waals surface area contributed by atoms with E-state index in [9.17, 15) is 14.4 Å². The molecule has 0 unspecified atom stereocenters. The molecule has 0 atom stereocenters. The van der Waals surface area contributed by atoms with Gasteiger partial charge >= 0.3 is 13.3 Å². The predicted molar refractivity (Wildman–Crippen MR) is 102 cm³/mol. The zero-order valence-electron chi connectivity index (χ0n) is 17.4. The molecule has 158 valence electrons. The molecule has 0 aromatic heterocycles. The molecule has 9 heteroatoms. The van der Waals surface area contributed by atoms with E-state index in [1.54, 1.807) is 0 Å². The molecule has 3 aliphatic rings. The van der Waals surface area contributed by atoms with Crippen molar-refractivity contribution >= 4 is 25.1 Å². The maximum atomic E-state index is 10.6. The average Bonchev–Trinajstić information content (AvgIpc) is 3.31. The Morgan fingerprint density at radius 3 is 2.07 bits per heavy atom. The first-order valence-corrected chi connectivity index (χ1v) is 10.1. The number of unbranched alkanes of at least 4 members (excludes halogenated alkanes) is 2. The molecule has 8 nitrogen and oxygen atoms in total. The van der Waals surface area contributed by atoms with Crippen LogP contribution in [0.4, 0.5) is 4.79 Å². The number of amides is 2. The number of rotatable bonds is 7. The van der Waals surface area contributed by atoms with E-state index in [-0.39, 0.29) is 36.2 Å². The van der Waals surface area contributed by atoms with Gasteiger partial charge in [-0.05, 0) is 39.9 Å². The van der Waals surface area contributed by atoms with Crippen LogP contribution in [0, 0.1) is 5.92 Å². The van der Waals surface area contributed by atoms with Gasteiger partial charge in [-0.1, -0.05) is 43.6 Å². The Kier molecular flexibility index (Phi) is 7.50. The fourth-order valence-corrected chi connectivity index (χ4v) is 3.15. The zero-order valence-corrected chi connectivity index (χ0v) is 17.4. The van der Waals surface area contributed by atoms with Gasteiger partial charge in [0, 0.05) is 12.8 Å². The molecule has 0 spiro atoms. The Hall–Kier alpha value is -1.61. The number of carboxylic acid groups (broad SMARTS) is 1. The van der Waals surface area contributed by atoms with E-state index in [1.165, 1.54) is 38.5 Å². The van der Waals surface area contributed by atoms with Crippen molar-refractivity contribution in [1.29, 1.82) is 0 Å². The fourth-order valence-electron chi connectivity index (χ4n) is 3.15. The largest absolute Gasteiger partial charge is 0.531 e. The molecule has 0 aromatic rings. The highest BCUT2D eigenvalue weighted by Crippen LogP contribution is 2.38. The summed E-state index contributed by atoms with van der Waals surface area (Å²) in [5.74, 6) is -0.151. The van der Waals surface area contributed by atoms with Gasteiger partial charge in [0.25, 0.3) is 11.8 Å². The number of carbonyl (C=O) groups excluding carboxylic acids is 2. The molecule has 0 aromatic carbocycles. The van der Waals surface area contributed by atoms with E-state index in [4.69, 9.17) is 14.4 Å². The number of imide groups is 1. The quantitative estimate of drug-likeness (QED) is 0.396. The average molecular weight is 397 g/mol. The third-order valence-corrected chi connectivity index (χ3v) is 5.73. The number of hydrogen-bond acceptors (Lipinski definition) is 6. The van der Waals surface area contributed by atoms with E-state index in [2.05, 4.69) is 32.5 Å². The van der Waals surface area contributed by atoms with E-state index >= 15 is 0 Å². The van der Waals surface area contributed by atoms with Gasteiger partial charge in [-0.15, -0.1) is 0 Å². The lowest BCUT2D eigenvalue weighted by molar-refractivity contribution is -0.175. The minimum atomic E-state index is -1.66. The molecule has 1 aliphatic carbocycles. The van der Waals surface area contributed by atoms with Crippen LogP contribution in [0.1, 0.15) is 79.1 Å². The molecule has 3 fully saturated rings. The summed E-state index contributed by atoms with van der Waals surface area (Å²) in [5, 5.41) is 8.31. The SMILES string of the molecule is CC1(C)OB(CCCCCC2CC2)OC1(C)C.O=C(O)ON1C(=O)CCC1=O. The first kappa shape index (κ1) is 22.7. The van der Waals surface area contributed by atoms with Crippen LogP contribution in [0.25, 0.3) is 0 Å². The molecule has 0 radical (unpaired) electrons. The molecule has 0 bridgehead atoms. The monoisotopic (exact) mass is 397 g/mol. The maximum absolute atomic E-state index is 10.6. The fraction of sp³-hybridized carbons (Fsp3) is 0.842. The third kappa shape index (κ3) is 6.48. The van der Waals surface area contributed by atoms with Gasteiger partial charge in [-0.25, -0.2) is 4.79 Å². The summed E-state index contributed by atoms with van der Waals surface area (Å²) in [5.41, 5.74) is -0.322. The maximum Gasteiger partial charge on any atom is 0.531 e. The van der Waals surface area contributed by atoms with Crippen LogP contribution in [0.15, 0.2) is 0 Å². The van der Waals surface area contributed by atoms with Gasteiger partial charge < -0.3 is 14.4 Å². The first-order valence-electron chi connectivity index (χ1n) is 10.1. The first-order chi connectivity index (χ1) is 13.0. The number of carbonyl (C=O) groups is 3. The van der Waals surface area contributed by atoms with Gasteiger partial charge in [0.2, 0.25) is 0 Å². The summed E-state index contributed by atoms with van der Waals surface area (Å²) >= 11 is 0. The van der Waals surface area contributed by atoms with Gasteiger partial charge in [-0.3, -0.25) is 14.4 Å². The lowest BCUT2D eigenvalue weighted by atomic mass is 9.82. The molecule has 2 saturated heterocycles. The highest BCUT2D eigenvalue weighted by molar-refractivity contribution is 6.45. The second kappa shape index (κ2) is 9.26. The second-order valence-electron chi connectivity index (χ2n) is 8.71. The van der Waals surface area contributed by atoms with E-state index in [0.29, 0.717) is 0 Å². The summed E-state index contributed by atoms with van der Waals surface area (Å²) in [6.07, 6.45) is 7.82. The third-order valence-electron chi connectivity index (χ3n) is 5.73. The summed E-state index contributed by atoms with van der Waals surface area (Å²) in [6, 6.07) is 0. The Bertz CT molecular complexity index is 557. The van der Waals surface area contributed by atoms with Crippen molar-refractivity contribution in [2.45, 2.75) is 96.6 Å². The Balaban J connectivity index is 0.000000221. The normalized spacial score (nSPS) is 22.9. The second-order valence-corrected chi connectivity index (χ2v) is 8.71. The van der Waals surface area contributed by atoms with Crippen LogP contribution < -0.4 is 0 Å². The molecule has 28 heavy (non-hydrogen) atoms. The molecule has 2 heterocycles. The molecular weight excluding hydrogens is 365 g/mol. The molecule has 2 amide bonds. The summed E-state index contributed by atoms with van der Waals surface area (Å²) in [6.45, 7) is 8.50. The summed E-state index contributed by atoms with van der Waals surface area (Å²) in [7, 11) is 0.0147. The van der Waals surface area contributed by atoms with Crippen LogP contribution in [0.3, 0.4) is 0 Å². The van der Waals surface area contributed by atoms with E-state index in [1.807, 2.05) is 0 Å². The smallest absolute Gasteiger partial charge is 0.448 e. The highest BCUT2D eigenvalue weighted by Gasteiger charge is 2.50. The number of nitrogens with zero attached hydrogens (tertiary/aromatic N) is 1. The van der Waals surface area contributed by atoms with Crippen LogP contribution in [0.2, 0.25) is 6.32 Å². The van der Waals surface area contributed by atoms with Crippen LogP contribution >= 0.6 is 0 Å². The number of hydrogen-bond donors (Lipinski definition) is 1. The van der Waals surface area contributed by atoms with Crippen LogP contribution in [-0.2, 0) is 23.7 Å². The van der Waals surface area contributed by atoms with Crippen molar-refractivity contribution < 1.29 is 33.6 Å². The van der Waals surface area contributed by atoms with E-state index < -0.39 is 18.0 Å².